The van der Waals surface area contributed by atoms with Gasteiger partial charge in [-0.2, -0.15) is 11.8 Å². The average molecular weight is 499 g/mol. The van der Waals surface area contributed by atoms with Gasteiger partial charge in [-0.25, -0.2) is 4.79 Å². The minimum absolute atomic E-state index is 0.0226. The topological polar surface area (TPSA) is 208 Å². The number of nitrogens with two attached hydrogens (primary N) is 1. The van der Waals surface area contributed by atoms with Crippen LogP contribution < -0.4 is 21.7 Å². The van der Waals surface area contributed by atoms with E-state index < -0.39 is 54.3 Å². The summed E-state index contributed by atoms with van der Waals surface area (Å²) in [6, 6.07) is 2.47. The molecule has 8 N–H and O–H groups in total. The summed E-state index contributed by atoms with van der Waals surface area (Å²) in [5, 5.41) is 34.7. The highest BCUT2D eigenvalue weighted by molar-refractivity contribution is 7.98. The predicted octanol–water partition coefficient (Wildman–Crippen LogP) is -0.950. The highest BCUT2D eigenvalue weighted by Gasteiger charge is 2.27. The summed E-state index contributed by atoms with van der Waals surface area (Å²) in [5.41, 5.74) is 6.16. The number of phenolic OH excluding ortho intramolecular Hbond substituents is 1. The smallest absolute Gasteiger partial charge is 0.326 e. The van der Waals surface area contributed by atoms with Gasteiger partial charge in [0.2, 0.25) is 17.7 Å². The summed E-state index contributed by atoms with van der Waals surface area (Å²) >= 11 is 1.43. The quantitative estimate of drug-likeness (QED) is 0.158. The van der Waals surface area contributed by atoms with E-state index in [-0.39, 0.29) is 31.4 Å². The van der Waals surface area contributed by atoms with Gasteiger partial charge in [0.1, 0.15) is 17.8 Å². The van der Waals surface area contributed by atoms with Crippen molar-refractivity contribution in [1.29, 1.82) is 0 Å². The van der Waals surface area contributed by atoms with Gasteiger partial charge in [-0.3, -0.25) is 19.2 Å². The zero-order valence-corrected chi connectivity index (χ0v) is 19.5. The molecule has 0 saturated heterocycles. The molecule has 34 heavy (non-hydrogen) atoms. The molecule has 1 aromatic rings. The second-order valence-electron chi connectivity index (χ2n) is 7.43. The Hall–Kier alpha value is -3.32. The maximum absolute atomic E-state index is 12.7. The molecule has 1 rings (SSSR count). The third-order valence-electron chi connectivity index (χ3n) is 4.68. The van der Waals surface area contributed by atoms with Gasteiger partial charge in [-0.1, -0.05) is 12.1 Å². The molecule has 3 atom stereocenters. The van der Waals surface area contributed by atoms with E-state index in [1.165, 1.54) is 36.0 Å². The Bertz CT molecular complexity index is 865. The fraction of sp³-hybridized carbons (Fsp3) is 0.476. The molecule has 0 heterocycles. The first-order valence-electron chi connectivity index (χ1n) is 10.4. The number of phenols is 1. The van der Waals surface area contributed by atoms with Crippen LogP contribution in [0.15, 0.2) is 24.3 Å². The zero-order chi connectivity index (χ0) is 25.7. The summed E-state index contributed by atoms with van der Waals surface area (Å²) in [6.45, 7) is -0.488. The van der Waals surface area contributed by atoms with Crippen molar-refractivity contribution in [3.63, 3.8) is 0 Å². The van der Waals surface area contributed by atoms with Crippen LogP contribution in [0, 0.1) is 0 Å². The van der Waals surface area contributed by atoms with Gasteiger partial charge in [0, 0.05) is 12.8 Å². The van der Waals surface area contributed by atoms with Gasteiger partial charge >= 0.3 is 11.9 Å². The van der Waals surface area contributed by atoms with Gasteiger partial charge in [-0.05, 0) is 42.5 Å². The van der Waals surface area contributed by atoms with E-state index in [2.05, 4.69) is 16.0 Å². The van der Waals surface area contributed by atoms with Crippen molar-refractivity contribution in [3.05, 3.63) is 29.8 Å². The van der Waals surface area contributed by atoms with E-state index in [1.54, 1.807) is 6.26 Å². The molecule has 13 heteroatoms. The Balaban J connectivity index is 2.70. The summed E-state index contributed by atoms with van der Waals surface area (Å²) in [7, 11) is 0. The predicted molar refractivity (Wildman–Crippen MR) is 124 cm³/mol. The van der Waals surface area contributed by atoms with Crippen LogP contribution in [-0.2, 0) is 30.4 Å². The van der Waals surface area contributed by atoms with Gasteiger partial charge < -0.3 is 37.0 Å². The Morgan fingerprint density at radius 1 is 0.971 bits per heavy atom. The van der Waals surface area contributed by atoms with Crippen molar-refractivity contribution in [2.45, 2.75) is 43.8 Å². The molecule has 0 bridgehead atoms. The van der Waals surface area contributed by atoms with Crippen LogP contribution in [0.2, 0.25) is 0 Å². The first-order valence-corrected chi connectivity index (χ1v) is 11.8. The Morgan fingerprint density at radius 2 is 1.62 bits per heavy atom. The first-order chi connectivity index (χ1) is 16.0. The molecule has 0 aliphatic carbocycles. The summed E-state index contributed by atoms with van der Waals surface area (Å²) in [6.07, 6.45) is 1.59. The summed E-state index contributed by atoms with van der Waals surface area (Å²) in [4.78, 5) is 59.1. The largest absolute Gasteiger partial charge is 0.508 e. The van der Waals surface area contributed by atoms with Crippen molar-refractivity contribution in [2.75, 3.05) is 18.6 Å². The number of aliphatic carboxylic acids is 2. The number of hydrogen-bond acceptors (Lipinski definition) is 8. The molecule has 0 fully saturated rings. The lowest BCUT2D eigenvalue weighted by molar-refractivity contribution is -0.142. The number of aromatic hydroxyl groups is 1. The minimum atomic E-state index is -1.27. The SMILES string of the molecule is CSCCC(NC(=O)CNC(=O)C(N)CCC(=O)O)C(=O)NC(Cc1ccc(O)cc1)C(=O)O. The van der Waals surface area contributed by atoms with Crippen LogP contribution in [0.5, 0.6) is 5.75 Å². The molecular weight excluding hydrogens is 468 g/mol. The van der Waals surface area contributed by atoms with Crippen LogP contribution in [0.25, 0.3) is 0 Å². The second-order valence-corrected chi connectivity index (χ2v) is 8.41. The van der Waals surface area contributed by atoms with E-state index in [1.807, 2.05) is 0 Å². The van der Waals surface area contributed by atoms with Gasteiger partial charge in [0.15, 0.2) is 0 Å². The van der Waals surface area contributed by atoms with Crippen molar-refractivity contribution in [2.24, 2.45) is 5.73 Å². The Morgan fingerprint density at radius 3 is 2.18 bits per heavy atom. The molecule has 3 amide bonds. The molecule has 0 spiro atoms. The lowest BCUT2D eigenvalue weighted by atomic mass is 10.0. The number of rotatable bonds is 15. The monoisotopic (exact) mass is 498 g/mol. The number of carbonyl (C=O) groups excluding carboxylic acids is 3. The fourth-order valence-electron chi connectivity index (χ4n) is 2.80. The van der Waals surface area contributed by atoms with Crippen LogP contribution in [0.3, 0.4) is 0 Å². The number of carboxylic acid groups (broad SMARTS) is 2. The lowest BCUT2D eigenvalue weighted by Crippen LogP contribution is -2.54. The number of benzene rings is 1. The second kappa shape index (κ2) is 14.8. The fourth-order valence-corrected chi connectivity index (χ4v) is 3.27. The highest BCUT2D eigenvalue weighted by Crippen LogP contribution is 2.12. The highest BCUT2D eigenvalue weighted by atomic mass is 32.2. The van der Waals surface area contributed by atoms with Gasteiger partial charge in [-0.15, -0.1) is 0 Å². The van der Waals surface area contributed by atoms with E-state index in [9.17, 15) is 34.2 Å². The Kier molecular flexibility index (Phi) is 12.5. The molecule has 12 nitrogen and oxygen atoms in total. The van der Waals surface area contributed by atoms with Gasteiger partial charge in [0.05, 0.1) is 12.6 Å². The normalized spacial score (nSPS) is 13.2. The number of amides is 3. The number of hydrogen-bond donors (Lipinski definition) is 7. The third kappa shape index (κ3) is 11.0. The van der Waals surface area contributed by atoms with Gasteiger partial charge in [0.25, 0.3) is 0 Å². The average Bonchev–Trinajstić information content (AvgIpc) is 2.79. The maximum atomic E-state index is 12.7. The minimum Gasteiger partial charge on any atom is -0.508 e. The van der Waals surface area contributed by atoms with Crippen molar-refractivity contribution >= 4 is 41.4 Å². The summed E-state index contributed by atoms with van der Waals surface area (Å²) in [5.74, 6) is -3.94. The van der Waals surface area contributed by atoms with Crippen LogP contribution in [-0.4, -0.2) is 81.7 Å². The number of thioether (sulfide) groups is 1. The maximum Gasteiger partial charge on any atom is 0.326 e. The van der Waals surface area contributed by atoms with E-state index in [4.69, 9.17) is 10.8 Å². The van der Waals surface area contributed by atoms with Crippen LogP contribution in [0.4, 0.5) is 0 Å². The number of nitrogens with one attached hydrogen (secondary N) is 3. The zero-order valence-electron chi connectivity index (χ0n) is 18.7. The lowest BCUT2D eigenvalue weighted by Gasteiger charge is -2.22. The van der Waals surface area contributed by atoms with Crippen molar-refractivity contribution in [3.8, 4) is 5.75 Å². The molecule has 0 aromatic heterocycles. The van der Waals surface area contributed by atoms with Crippen molar-refractivity contribution in [1.82, 2.24) is 16.0 Å². The molecular formula is C21H30N4O8S. The van der Waals surface area contributed by atoms with Crippen LogP contribution in [0.1, 0.15) is 24.8 Å². The molecule has 0 aliphatic rings. The molecule has 0 saturated carbocycles. The van der Waals surface area contributed by atoms with Crippen molar-refractivity contribution < 1.29 is 39.3 Å². The standard InChI is InChI=1S/C21H30N4O8S/c1-34-9-8-15(24-17(27)11-23-19(30)14(22)6-7-18(28)29)20(31)25-16(21(32)33)10-12-2-4-13(26)5-3-12/h2-5,14-16,26H,6-11,22H2,1H3,(H,23,30)(H,24,27)(H,25,31)(H,28,29)(H,32,33). The molecule has 188 valence electrons. The van der Waals surface area contributed by atoms with E-state index >= 15 is 0 Å². The molecule has 0 aliphatic heterocycles. The van der Waals surface area contributed by atoms with E-state index in [0.29, 0.717) is 11.3 Å². The summed E-state index contributed by atoms with van der Waals surface area (Å²) < 4.78 is 0. The molecule has 3 unspecified atom stereocenters. The molecule has 1 aromatic carbocycles. The number of carbonyl (C=O) groups is 5. The first kappa shape index (κ1) is 28.7. The Labute approximate surface area is 200 Å². The molecule has 0 radical (unpaired) electrons. The van der Waals surface area contributed by atoms with Crippen LogP contribution >= 0.6 is 11.8 Å². The van der Waals surface area contributed by atoms with E-state index in [0.717, 1.165) is 0 Å². The third-order valence-corrected chi connectivity index (χ3v) is 5.33. The number of carboxylic acids is 2.